The highest BCUT2D eigenvalue weighted by Gasteiger charge is 2.31. The molecule has 1 aromatic carbocycles. The molecular weight excluding hydrogens is 310 g/mol. The third kappa shape index (κ3) is 2.79. The number of benzene rings is 1. The van der Waals surface area contributed by atoms with Crippen molar-refractivity contribution in [1.82, 2.24) is 5.32 Å². The lowest BCUT2D eigenvalue weighted by Gasteiger charge is -2.34. The van der Waals surface area contributed by atoms with Crippen LogP contribution in [0.4, 0.5) is 5.69 Å². The normalized spacial score (nSPS) is 21.3. The SMILES string of the molecule is CC(N)c1ccc(N2CC(=O)NC(=O)C2C)c(Br)c1. The molecule has 1 saturated heterocycles. The molecule has 2 unspecified atom stereocenters. The van der Waals surface area contributed by atoms with Crippen LogP contribution >= 0.6 is 15.9 Å². The predicted octanol–water partition coefficient (Wildman–Crippen LogP) is 1.32. The molecule has 1 aliphatic heterocycles. The number of hydrogen-bond donors (Lipinski definition) is 2. The number of piperazine rings is 1. The summed E-state index contributed by atoms with van der Waals surface area (Å²) in [5, 5.41) is 2.32. The zero-order chi connectivity index (χ0) is 14.2. The molecule has 2 rings (SSSR count). The van der Waals surface area contributed by atoms with Gasteiger partial charge in [-0.3, -0.25) is 14.9 Å². The highest BCUT2D eigenvalue weighted by Crippen LogP contribution is 2.30. The van der Waals surface area contributed by atoms with Gasteiger partial charge in [-0.25, -0.2) is 0 Å². The lowest BCUT2D eigenvalue weighted by molar-refractivity contribution is -0.132. The van der Waals surface area contributed by atoms with Crippen LogP contribution < -0.4 is 16.0 Å². The maximum atomic E-state index is 11.7. The molecule has 6 heteroatoms. The van der Waals surface area contributed by atoms with Crippen molar-refractivity contribution in [1.29, 1.82) is 0 Å². The Morgan fingerprint density at radius 2 is 2.16 bits per heavy atom. The molecule has 0 radical (unpaired) electrons. The van der Waals surface area contributed by atoms with Crippen LogP contribution in [0.25, 0.3) is 0 Å². The largest absolute Gasteiger partial charge is 0.350 e. The van der Waals surface area contributed by atoms with Crippen molar-refractivity contribution in [2.75, 3.05) is 11.4 Å². The number of carbonyl (C=O) groups is 2. The van der Waals surface area contributed by atoms with Crippen LogP contribution in [-0.2, 0) is 9.59 Å². The average molecular weight is 326 g/mol. The van der Waals surface area contributed by atoms with Crippen molar-refractivity contribution in [2.45, 2.75) is 25.9 Å². The zero-order valence-corrected chi connectivity index (χ0v) is 12.4. The number of rotatable bonds is 2. The van der Waals surface area contributed by atoms with E-state index in [0.29, 0.717) is 0 Å². The topological polar surface area (TPSA) is 75.4 Å². The summed E-state index contributed by atoms with van der Waals surface area (Å²) in [6.07, 6.45) is 0. The fourth-order valence-corrected chi connectivity index (χ4v) is 2.67. The first-order chi connectivity index (χ1) is 8.90. The van der Waals surface area contributed by atoms with E-state index in [-0.39, 0.29) is 30.4 Å². The minimum absolute atomic E-state index is 0.0611. The van der Waals surface area contributed by atoms with Gasteiger partial charge in [-0.15, -0.1) is 0 Å². The summed E-state index contributed by atoms with van der Waals surface area (Å²) < 4.78 is 0.830. The molecule has 1 fully saturated rings. The third-order valence-electron chi connectivity index (χ3n) is 3.23. The standard InChI is InChI=1S/C13H16BrN3O2/c1-7(15)9-3-4-11(10(14)5-9)17-6-12(18)16-13(19)8(17)2/h3-5,7-8H,6,15H2,1-2H3,(H,16,18,19). The Morgan fingerprint density at radius 3 is 2.74 bits per heavy atom. The molecule has 1 aliphatic rings. The molecule has 19 heavy (non-hydrogen) atoms. The van der Waals surface area contributed by atoms with Crippen molar-refractivity contribution < 1.29 is 9.59 Å². The molecule has 0 spiro atoms. The Balaban J connectivity index is 2.35. The van der Waals surface area contributed by atoms with Gasteiger partial charge in [-0.2, -0.15) is 0 Å². The molecule has 2 atom stereocenters. The number of halogens is 1. The second-order valence-corrected chi connectivity index (χ2v) is 5.57. The maximum absolute atomic E-state index is 11.7. The van der Waals surface area contributed by atoms with Crippen molar-refractivity contribution in [3.8, 4) is 0 Å². The molecule has 3 N–H and O–H groups in total. The second kappa shape index (κ2) is 5.30. The van der Waals surface area contributed by atoms with Crippen LogP contribution in [0, 0.1) is 0 Å². The summed E-state index contributed by atoms with van der Waals surface area (Å²) in [6.45, 7) is 3.85. The Labute approximate surface area is 120 Å². The van der Waals surface area contributed by atoms with E-state index in [1.807, 2.05) is 25.1 Å². The van der Waals surface area contributed by atoms with E-state index < -0.39 is 0 Å². The van der Waals surface area contributed by atoms with Gasteiger partial charge >= 0.3 is 0 Å². The van der Waals surface area contributed by atoms with Crippen molar-refractivity contribution >= 4 is 33.4 Å². The Bertz CT molecular complexity index is 531. The van der Waals surface area contributed by atoms with Gasteiger partial charge in [0.25, 0.3) is 0 Å². The van der Waals surface area contributed by atoms with Crippen LogP contribution in [0.3, 0.4) is 0 Å². The monoisotopic (exact) mass is 325 g/mol. The summed E-state index contributed by atoms with van der Waals surface area (Å²) in [5.74, 6) is -0.564. The van der Waals surface area contributed by atoms with E-state index in [1.54, 1.807) is 11.8 Å². The van der Waals surface area contributed by atoms with Gasteiger partial charge < -0.3 is 10.6 Å². The molecule has 2 amide bonds. The number of amides is 2. The summed E-state index contributed by atoms with van der Waals surface area (Å²) in [7, 11) is 0. The molecular formula is C13H16BrN3O2. The quantitative estimate of drug-likeness (QED) is 0.804. The molecule has 5 nitrogen and oxygen atoms in total. The summed E-state index contributed by atoms with van der Waals surface area (Å²) in [5.41, 5.74) is 7.65. The van der Waals surface area contributed by atoms with Gasteiger partial charge in [0, 0.05) is 10.5 Å². The molecule has 0 bridgehead atoms. The number of anilines is 1. The Morgan fingerprint density at radius 1 is 1.47 bits per heavy atom. The molecule has 1 aromatic rings. The van der Waals surface area contributed by atoms with Crippen LogP contribution in [-0.4, -0.2) is 24.4 Å². The molecule has 0 aromatic heterocycles. The van der Waals surface area contributed by atoms with E-state index in [9.17, 15) is 9.59 Å². The van der Waals surface area contributed by atoms with Crippen molar-refractivity contribution in [3.05, 3.63) is 28.2 Å². The van der Waals surface area contributed by atoms with Crippen molar-refractivity contribution in [2.24, 2.45) is 5.73 Å². The third-order valence-corrected chi connectivity index (χ3v) is 3.87. The van der Waals surface area contributed by atoms with Gasteiger partial charge in [-0.05, 0) is 47.5 Å². The predicted molar refractivity (Wildman–Crippen MR) is 76.7 cm³/mol. The molecule has 0 saturated carbocycles. The summed E-state index contributed by atoms with van der Waals surface area (Å²) in [6, 6.07) is 5.27. The molecule has 0 aliphatic carbocycles. The van der Waals surface area contributed by atoms with Crippen LogP contribution in [0.15, 0.2) is 22.7 Å². The van der Waals surface area contributed by atoms with E-state index in [1.165, 1.54) is 0 Å². The number of hydrogen-bond acceptors (Lipinski definition) is 4. The minimum atomic E-state index is -0.379. The van der Waals surface area contributed by atoms with Gasteiger partial charge in [0.05, 0.1) is 12.2 Å². The van der Waals surface area contributed by atoms with Gasteiger partial charge in [-0.1, -0.05) is 6.07 Å². The first kappa shape index (κ1) is 14.0. The zero-order valence-electron chi connectivity index (χ0n) is 10.8. The van der Waals surface area contributed by atoms with E-state index in [0.717, 1.165) is 15.7 Å². The fourth-order valence-electron chi connectivity index (χ4n) is 2.05. The second-order valence-electron chi connectivity index (χ2n) is 4.72. The number of nitrogens with one attached hydrogen (secondary N) is 1. The lowest BCUT2D eigenvalue weighted by atomic mass is 10.1. The molecule has 1 heterocycles. The van der Waals surface area contributed by atoms with Crippen molar-refractivity contribution in [3.63, 3.8) is 0 Å². The Hall–Kier alpha value is -1.40. The van der Waals surface area contributed by atoms with Crippen LogP contribution in [0.2, 0.25) is 0 Å². The minimum Gasteiger partial charge on any atom is -0.350 e. The van der Waals surface area contributed by atoms with Gasteiger partial charge in [0.1, 0.15) is 6.04 Å². The fraction of sp³-hybridized carbons (Fsp3) is 0.385. The highest BCUT2D eigenvalue weighted by molar-refractivity contribution is 9.10. The van der Waals surface area contributed by atoms with E-state index in [2.05, 4.69) is 21.2 Å². The number of carbonyl (C=O) groups excluding carboxylic acids is 2. The average Bonchev–Trinajstić information content (AvgIpc) is 2.33. The summed E-state index contributed by atoms with van der Waals surface area (Å²) >= 11 is 3.48. The number of imide groups is 1. The van der Waals surface area contributed by atoms with Crippen LogP contribution in [0.5, 0.6) is 0 Å². The highest BCUT2D eigenvalue weighted by atomic mass is 79.9. The Kier molecular flexibility index (Phi) is 3.91. The van der Waals surface area contributed by atoms with E-state index >= 15 is 0 Å². The number of nitrogens with two attached hydrogens (primary N) is 1. The lowest BCUT2D eigenvalue weighted by Crippen LogP contribution is -2.57. The first-order valence-corrected chi connectivity index (χ1v) is 6.85. The number of nitrogens with zero attached hydrogens (tertiary/aromatic N) is 1. The van der Waals surface area contributed by atoms with Gasteiger partial charge in [0.2, 0.25) is 11.8 Å². The maximum Gasteiger partial charge on any atom is 0.249 e. The van der Waals surface area contributed by atoms with Crippen LogP contribution in [0.1, 0.15) is 25.5 Å². The van der Waals surface area contributed by atoms with E-state index in [4.69, 9.17) is 5.73 Å². The summed E-state index contributed by atoms with van der Waals surface area (Å²) in [4.78, 5) is 24.9. The smallest absolute Gasteiger partial charge is 0.249 e. The first-order valence-electron chi connectivity index (χ1n) is 6.05. The van der Waals surface area contributed by atoms with Gasteiger partial charge in [0.15, 0.2) is 0 Å². The molecule has 102 valence electrons.